The van der Waals surface area contributed by atoms with Gasteiger partial charge in [-0.25, -0.2) is 4.79 Å². The van der Waals surface area contributed by atoms with Crippen LogP contribution in [0.5, 0.6) is 0 Å². The van der Waals surface area contributed by atoms with Crippen LogP contribution in [0.4, 0.5) is 10.5 Å². The van der Waals surface area contributed by atoms with Gasteiger partial charge in [0.15, 0.2) is 0 Å². The van der Waals surface area contributed by atoms with Gasteiger partial charge in [-0.3, -0.25) is 0 Å². The van der Waals surface area contributed by atoms with Crippen molar-refractivity contribution >= 4 is 11.7 Å². The summed E-state index contributed by atoms with van der Waals surface area (Å²) in [5.41, 5.74) is 4.15. The van der Waals surface area contributed by atoms with Crippen molar-refractivity contribution in [2.75, 3.05) is 5.32 Å². The van der Waals surface area contributed by atoms with Gasteiger partial charge in [-0.15, -0.1) is 0 Å². The molecule has 0 aliphatic heterocycles. The molecule has 4 heteroatoms. The van der Waals surface area contributed by atoms with Crippen molar-refractivity contribution in [3.05, 3.63) is 53.5 Å². The van der Waals surface area contributed by atoms with Crippen LogP contribution in [0.3, 0.4) is 0 Å². The summed E-state index contributed by atoms with van der Waals surface area (Å²) in [6.45, 7) is 5.99. The minimum atomic E-state index is -0.189. The monoisotopic (exact) mass is 272 g/mol. The molecule has 0 radical (unpaired) electrons. The summed E-state index contributed by atoms with van der Waals surface area (Å²) < 4.78 is 5.01. The Balaban J connectivity index is 1.88. The first-order valence-corrected chi connectivity index (χ1v) is 6.70. The molecule has 0 aliphatic rings. The van der Waals surface area contributed by atoms with E-state index >= 15 is 0 Å². The summed E-state index contributed by atoms with van der Waals surface area (Å²) in [7, 11) is 0. The highest BCUT2D eigenvalue weighted by atomic mass is 16.3. The van der Waals surface area contributed by atoms with E-state index in [0.29, 0.717) is 0 Å². The molecule has 1 aromatic heterocycles. The molecule has 0 fully saturated rings. The fourth-order valence-electron chi connectivity index (χ4n) is 2.25. The number of urea groups is 1. The van der Waals surface area contributed by atoms with Crippen molar-refractivity contribution in [2.24, 2.45) is 0 Å². The molecule has 2 aromatic rings. The summed E-state index contributed by atoms with van der Waals surface area (Å²) in [6, 6.07) is 7.73. The number of carbonyl (C=O) groups excluding carboxylic acids is 1. The number of nitrogens with one attached hydrogen (secondary N) is 2. The molecule has 0 saturated carbocycles. The van der Waals surface area contributed by atoms with Crippen molar-refractivity contribution in [1.82, 2.24) is 5.32 Å². The number of furan rings is 1. The Morgan fingerprint density at radius 3 is 2.55 bits per heavy atom. The van der Waals surface area contributed by atoms with Gasteiger partial charge in [0.2, 0.25) is 0 Å². The molecule has 2 rings (SSSR count). The van der Waals surface area contributed by atoms with Crippen molar-refractivity contribution in [3.63, 3.8) is 0 Å². The Labute approximate surface area is 119 Å². The van der Waals surface area contributed by atoms with Gasteiger partial charge in [0, 0.05) is 11.7 Å². The lowest BCUT2D eigenvalue weighted by Crippen LogP contribution is -2.37. The minimum Gasteiger partial charge on any atom is -0.472 e. The highest BCUT2D eigenvalue weighted by Crippen LogP contribution is 2.13. The van der Waals surface area contributed by atoms with Crippen molar-refractivity contribution in [2.45, 2.75) is 33.2 Å². The van der Waals surface area contributed by atoms with E-state index in [2.05, 4.69) is 16.7 Å². The van der Waals surface area contributed by atoms with Crippen molar-refractivity contribution in [1.29, 1.82) is 0 Å². The topological polar surface area (TPSA) is 54.3 Å². The van der Waals surface area contributed by atoms with Crippen LogP contribution in [0.25, 0.3) is 0 Å². The Hall–Kier alpha value is -2.23. The van der Waals surface area contributed by atoms with Crippen LogP contribution in [0, 0.1) is 13.8 Å². The molecular formula is C16H20N2O2. The smallest absolute Gasteiger partial charge is 0.319 e. The summed E-state index contributed by atoms with van der Waals surface area (Å²) in [6.07, 6.45) is 4.08. The van der Waals surface area contributed by atoms with E-state index in [1.165, 1.54) is 0 Å². The van der Waals surface area contributed by atoms with E-state index in [1.807, 2.05) is 39.0 Å². The van der Waals surface area contributed by atoms with E-state index in [9.17, 15) is 4.79 Å². The molecule has 0 spiro atoms. The lowest BCUT2D eigenvalue weighted by Gasteiger charge is -2.14. The maximum atomic E-state index is 11.9. The highest BCUT2D eigenvalue weighted by molar-refractivity contribution is 5.89. The Morgan fingerprint density at radius 2 is 1.95 bits per heavy atom. The van der Waals surface area contributed by atoms with Crippen LogP contribution in [0.2, 0.25) is 0 Å². The number of anilines is 1. The predicted octanol–water partition coefficient (Wildman–Crippen LogP) is 3.65. The normalized spacial score (nSPS) is 11.9. The standard InChI is InChI=1S/C16H20N2O2/c1-11-6-12(2)8-15(7-11)18-16(19)17-13(3)9-14-4-5-20-10-14/h4-8,10,13H,9H2,1-3H3,(H2,17,18,19). The summed E-state index contributed by atoms with van der Waals surface area (Å²) in [5.74, 6) is 0. The van der Waals surface area contributed by atoms with E-state index in [0.717, 1.165) is 28.8 Å². The van der Waals surface area contributed by atoms with Crippen molar-refractivity contribution < 1.29 is 9.21 Å². The number of rotatable bonds is 4. The number of benzene rings is 1. The largest absolute Gasteiger partial charge is 0.472 e. The van der Waals surface area contributed by atoms with E-state index in [1.54, 1.807) is 12.5 Å². The molecule has 2 amide bonds. The zero-order valence-electron chi connectivity index (χ0n) is 12.1. The zero-order valence-corrected chi connectivity index (χ0v) is 12.1. The fourth-order valence-corrected chi connectivity index (χ4v) is 2.25. The van der Waals surface area contributed by atoms with Gasteiger partial charge >= 0.3 is 6.03 Å². The van der Waals surface area contributed by atoms with E-state index in [4.69, 9.17) is 4.42 Å². The number of amides is 2. The second-order valence-corrected chi connectivity index (χ2v) is 5.21. The lowest BCUT2D eigenvalue weighted by molar-refractivity contribution is 0.249. The second-order valence-electron chi connectivity index (χ2n) is 5.21. The van der Waals surface area contributed by atoms with Gasteiger partial charge in [0.05, 0.1) is 12.5 Å². The van der Waals surface area contributed by atoms with Crippen LogP contribution < -0.4 is 10.6 Å². The molecule has 106 valence electrons. The first-order valence-electron chi connectivity index (χ1n) is 6.70. The first kappa shape index (κ1) is 14.2. The summed E-state index contributed by atoms with van der Waals surface area (Å²) in [5, 5.41) is 5.77. The number of aryl methyl sites for hydroxylation is 2. The molecule has 0 saturated heterocycles. The molecule has 1 heterocycles. The zero-order chi connectivity index (χ0) is 14.5. The Morgan fingerprint density at radius 1 is 1.25 bits per heavy atom. The quantitative estimate of drug-likeness (QED) is 0.892. The van der Waals surface area contributed by atoms with Crippen LogP contribution in [0.15, 0.2) is 41.2 Å². The van der Waals surface area contributed by atoms with E-state index in [-0.39, 0.29) is 12.1 Å². The number of hydrogen-bond acceptors (Lipinski definition) is 2. The second kappa shape index (κ2) is 6.28. The third-order valence-electron chi connectivity index (χ3n) is 2.98. The number of hydrogen-bond donors (Lipinski definition) is 2. The maximum absolute atomic E-state index is 11.9. The number of carbonyl (C=O) groups is 1. The average Bonchev–Trinajstić information content (AvgIpc) is 2.79. The first-order chi connectivity index (χ1) is 9.52. The third-order valence-corrected chi connectivity index (χ3v) is 2.98. The fraction of sp³-hybridized carbons (Fsp3) is 0.312. The molecular weight excluding hydrogens is 252 g/mol. The third kappa shape index (κ3) is 4.16. The molecule has 2 N–H and O–H groups in total. The molecule has 1 unspecified atom stereocenters. The van der Waals surface area contributed by atoms with Crippen LogP contribution in [-0.2, 0) is 6.42 Å². The summed E-state index contributed by atoms with van der Waals surface area (Å²) in [4.78, 5) is 11.9. The minimum absolute atomic E-state index is 0.0403. The van der Waals surface area contributed by atoms with Crippen LogP contribution >= 0.6 is 0 Å². The molecule has 20 heavy (non-hydrogen) atoms. The molecule has 0 aliphatic carbocycles. The van der Waals surface area contributed by atoms with Gasteiger partial charge in [-0.05, 0) is 62.1 Å². The average molecular weight is 272 g/mol. The van der Waals surface area contributed by atoms with Crippen LogP contribution in [-0.4, -0.2) is 12.1 Å². The SMILES string of the molecule is Cc1cc(C)cc(NC(=O)NC(C)Cc2ccoc2)c1. The highest BCUT2D eigenvalue weighted by Gasteiger charge is 2.09. The lowest BCUT2D eigenvalue weighted by atomic mass is 10.1. The van der Waals surface area contributed by atoms with Gasteiger partial charge < -0.3 is 15.1 Å². The van der Waals surface area contributed by atoms with E-state index < -0.39 is 0 Å². The Kier molecular flexibility index (Phi) is 4.45. The molecule has 4 nitrogen and oxygen atoms in total. The van der Waals surface area contributed by atoms with Crippen LogP contribution in [0.1, 0.15) is 23.6 Å². The van der Waals surface area contributed by atoms with Gasteiger partial charge in [0.25, 0.3) is 0 Å². The Bertz CT molecular complexity index is 556. The molecule has 1 aromatic carbocycles. The van der Waals surface area contributed by atoms with Crippen molar-refractivity contribution in [3.8, 4) is 0 Å². The van der Waals surface area contributed by atoms with Gasteiger partial charge in [0.1, 0.15) is 0 Å². The predicted molar refractivity (Wildman–Crippen MR) is 79.9 cm³/mol. The summed E-state index contributed by atoms with van der Waals surface area (Å²) >= 11 is 0. The van der Waals surface area contributed by atoms with Gasteiger partial charge in [-0.1, -0.05) is 6.07 Å². The maximum Gasteiger partial charge on any atom is 0.319 e. The molecule has 1 atom stereocenters. The molecule has 0 bridgehead atoms. The van der Waals surface area contributed by atoms with Gasteiger partial charge in [-0.2, -0.15) is 0 Å².